The molecule has 1 aromatic rings. The minimum Gasteiger partial charge on any atom is -0.391 e. The van der Waals surface area contributed by atoms with Gasteiger partial charge in [0.25, 0.3) is 0 Å². The average molecular weight is 282 g/mol. The summed E-state index contributed by atoms with van der Waals surface area (Å²) in [6, 6.07) is 5.70. The summed E-state index contributed by atoms with van der Waals surface area (Å²) in [4.78, 5) is 11.6. The van der Waals surface area contributed by atoms with Crippen LogP contribution >= 0.6 is 0 Å². The standard InChI is InChI=1S/C14H19FN2O3/c15-11-4-2-1-3-10(11)5-7-16-14(19)17-12-9-20-8-6-13(12)18/h1-4,12-13,18H,5-9H2,(H2,16,17,19)/t12-,13-/m1/s1. The van der Waals surface area contributed by atoms with E-state index in [1.807, 2.05) is 0 Å². The molecule has 1 saturated heterocycles. The van der Waals surface area contributed by atoms with Gasteiger partial charge in [-0.25, -0.2) is 9.18 Å². The number of carbonyl (C=O) groups is 1. The molecule has 1 aromatic carbocycles. The zero-order valence-electron chi connectivity index (χ0n) is 11.1. The molecule has 0 aromatic heterocycles. The van der Waals surface area contributed by atoms with E-state index in [0.29, 0.717) is 38.2 Å². The number of amides is 2. The summed E-state index contributed by atoms with van der Waals surface area (Å²) in [5.74, 6) is -0.272. The SMILES string of the molecule is O=C(NCCc1ccccc1F)N[C@@H]1COCC[C@H]1O. The zero-order valence-corrected chi connectivity index (χ0v) is 11.1. The highest BCUT2D eigenvalue weighted by atomic mass is 19.1. The Kier molecular flexibility index (Phi) is 5.31. The van der Waals surface area contributed by atoms with Gasteiger partial charge in [-0.1, -0.05) is 18.2 Å². The minimum atomic E-state index is -0.582. The normalized spacial score (nSPS) is 22.3. The Morgan fingerprint density at radius 1 is 1.45 bits per heavy atom. The molecular weight excluding hydrogens is 263 g/mol. The van der Waals surface area contributed by atoms with Crippen molar-refractivity contribution in [3.05, 3.63) is 35.6 Å². The van der Waals surface area contributed by atoms with Crippen LogP contribution in [0.2, 0.25) is 0 Å². The van der Waals surface area contributed by atoms with Crippen molar-refractivity contribution in [2.45, 2.75) is 25.0 Å². The largest absolute Gasteiger partial charge is 0.391 e. The van der Waals surface area contributed by atoms with Gasteiger partial charge in [0.15, 0.2) is 0 Å². The molecule has 0 radical (unpaired) electrons. The van der Waals surface area contributed by atoms with Crippen LogP contribution in [-0.2, 0) is 11.2 Å². The van der Waals surface area contributed by atoms with E-state index in [-0.39, 0.29) is 11.8 Å². The van der Waals surface area contributed by atoms with Gasteiger partial charge in [0.2, 0.25) is 0 Å². The van der Waals surface area contributed by atoms with Crippen LogP contribution in [0.25, 0.3) is 0 Å². The van der Waals surface area contributed by atoms with Gasteiger partial charge in [0, 0.05) is 13.2 Å². The van der Waals surface area contributed by atoms with Crippen molar-refractivity contribution < 1.29 is 19.0 Å². The summed E-state index contributed by atoms with van der Waals surface area (Å²) >= 11 is 0. The Morgan fingerprint density at radius 2 is 2.25 bits per heavy atom. The summed E-state index contributed by atoms with van der Waals surface area (Å²) in [6.07, 6.45) is 0.352. The molecule has 2 atom stereocenters. The second-order valence-electron chi connectivity index (χ2n) is 4.78. The first-order chi connectivity index (χ1) is 9.66. The lowest BCUT2D eigenvalue weighted by Gasteiger charge is -2.28. The van der Waals surface area contributed by atoms with Crippen LogP contribution in [0.4, 0.5) is 9.18 Å². The van der Waals surface area contributed by atoms with Crippen LogP contribution in [0, 0.1) is 5.82 Å². The molecule has 0 saturated carbocycles. The van der Waals surface area contributed by atoms with Crippen molar-refractivity contribution in [3.8, 4) is 0 Å². The van der Waals surface area contributed by atoms with Crippen LogP contribution in [0.15, 0.2) is 24.3 Å². The van der Waals surface area contributed by atoms with E-state index in [0.717, 1.165) is 0 Å². The number of aliphatic hydroxyl groups excluding tert-OH is 1. The van der Waals surface area contributed by atoms with Gasteiger partial charge in [-0.2, -0.15) is 0 Å². The maximum Gasteiger partial charge on any atom is 0.315 e. The average Bonchev–Trinajstić information content (AvgIpc) is 2.43. The molecule has 2 rings (SSSR count). The number of benzene rings is 1. The monoisotopic (exact) mass is 282 g/mol. The van der Waals surface area contributed by atoms with Crippen molar-refractivity contribution in [2.24, 2.45) is 0 Å². The molecular formula is C14H19FN2O3. The third-order valence-electron chi connectivity index (χ3n) is 3.27. The fraction of sp³-hybridized carbons (Fsp3) is 0.500. The van der Waals surface area contributed by atoms with Gasteiger partial charge in [-0.15, -0.1) is 0 Å². The van der Waals surface area contributed by atoms with Crippen molar-refractivity contribution in [1.82, 2.24) is 10.6 Å². The molecule has 0 unspecified atom stereocenters. The first-order valence-corrected chi connectivity index (χ1v) is 6.70. The molecule has 1 fully saturated rings. The van der Waals surface area contributed by atoms with Crippen LogP contribution in [-0.4, -0.2) is 43.0 Å². The van der Waals surface area contributed by atoms with Gasteiger partial charge >= 0.3 is 6.03 Å². The molecule has 110 valence electrons. The Bertz CT molecular complexity index is 456. The number of carbonyl (C=O) groups excluding carboxylic acids is 1. The predicted molar refractivity (Wildman–Crippen MR) is 71.9 cm³/mol. The number of halogens is 1. The highest BCUT2D eigenvalue weighted by Crippen LogP contribution is 2.07. The zero-order chi connectivity index (χ0) is 14.4. The summed E-state index contributed by atoms with van der Waals surface area (Å²) in [5.41, 5.74) is 0.564. The van der Waals surface area contributed by atoms with E-state index in [1.54, 1.807) is 18.2 Å². The maximum absolute atomic E-state index is 13.4. The molecule has 1 heterocycles. The molecule has 1 aliphatic rings. The third-order valence-corrected chi connectivity index (χ3v) is 3.27. The number of urea groups is 1. The fourth-order valence-corrected chi connectivity index (χ4v) is 2.10. The molecule has 2 amide bonds. The molecule has 3 N–H and O–H groups in total. The quantitative estimate of drug-likeness (QED) is 0.765. The number of aliphatic hydroxyl groups is 1. The first-order valence-electron chi connectivity index (χ1n) is 6.70. The van der Waals surface area contributed by atoms with Crippen LogP contribution < -0.4 is 10.6 Å². The minimum absolute atomic E-state index is 0.272. The lowest BCUT2D eigenvalue weighted by Crippen LogP contribution is -2.52. The number of nitrogens with one attached hydrogen (secondary N) is 2. The summed E-state index contributed by atoms with van der Waals surface area (Å²) in [7, 11) is 0. The van der Waals surface area contributed by atoms with E-state index >= 15 is 0 Å². The van der Waals surface area contributed by atoms with E-state index in [4.69, 9.17) is 4.74 Å². The molecule has 1 aliphatic heterocycles. The van der Waals surface area contributed by atoms with Crippen molar-refractivity contribution in [2.75, 3.05) is 19.8 Å². The lowest BCUT2D eigenvalue weighted by molar-refractivity contribution is -0.0118. The number of rotatable bonds is 4. The fourth-order valence-electron chi connectivity index (χ4n) is 2.10. The molecule has 0 bridgehead atoms. The molecule has 0 spiro atoms. The Morgan fingerprint density at radius 3 is 3.00 bits per heavy atom. The molecule has 20 heavy (non-hydrogen) atoms. The Balaban J connectivity index is 1.71. The lowest BCUT2D eigenvalue weighted by atomic mass is 10.1. The van der Waals surface area contributed by atoms with E-state index < -0.39 is 12.1 Å². The second-order valence-corrected chi connectivity index (χ2v) is 4.78. The van der Waals surface area contributed by atoms with E-state index in [2.05, 4.69) is 10.6 Å². The van der Waals surface area contributed by atoms with Crippen molar-refractivity contribution in [3.63, 3.8) is 0 Å². The smallest absolute Gasteiger partial charge is 0.315 e. The van der Waals surface area contributed by atoms with Crippen LogP contribution in [0.3, 0.4) is 0 Å². The van der Waals surface area contributed by atoms with E-state index in [9.17, 15) is 14.3 Å². The summed E-state index contributed by atoms with van der Waals surface area (Å²) in [6.45, 7) is 1.15. The molecule has 6 heteroatoms. The van der Waals surface area contributed by atoms with Crippen LogP contribution in [0.5, 0.6) is 0 Å². The van der Waals surface area contributed by atoms with Gasteiger partial charge in [-0.3, -0.25) is 0 Å². The Labute approximate surface area is 117 Å². The highest BCUT2D eigenvalue weighted by molar-refractivity contribution is 5.74. The van der Waals surface area contributed by atoms with Crippen molar-refractivity contribution >= 4 is 6.03 Å². The summed E-state index contributed by atoms with van der Waals surface area (Å²) in [5, 5.41) is 15.0. The van der Waals surface area contributed by atoms with Gasteiger partial charge < -0.3 is 20.5 Å². The highest BCUT2D eigenvalue weighted by Gasteiger charge is 2.24. The molecule has 0 aliphatic carbocycles. The maximum atomic E-state index is 13.4. The first kappa shape index (κ1) is 14.7. The number of hydrogen-bond donors (Lipinski definition) is 3. The van der Waals surface area contributed by atoms with Crippen LogP contribution in [0.1, 0.15) is 12.0 Å². The Hall–Kier alpha value is -1.66. The predicted octanol–water partition coefficient (Wildman–Crippen LogP) is 0.817. The van der Waals surface area contributed by atoms with Crippen molar-refractivity contribution in [1.29, 1.82) is 0 Å². The van der Waals surface area contributed by atoms with Gasteiger partial charge in [0.1, 0.15) is 5.82 Å². The van der Waals surface area contributed by atoms with Gasteiger partial charge in [-0.05, 0) is 24.5 Å². The topological polar surface area (TPSA) is 70.6 Å². The van der Waals surface area contributed by atoms with Gasteiger partial charge in [0.05, 0.1) is 18.8 Å². The summed E-state index contributed by atoms with van der Waals surface area (Å²) < 4.78 is 18.6. The third kappa shape index (κ3) is 4.18. The van der Waals surface area contributed by atoms with E-state index in [1.165, 1.54) is 6.07 Å². The second kappa shape index (κ2) is 7.21. The number of hydrogen-bond acceptors (Lipinski definition) is 3. The number of ether oxygens (including phenoxy) is 1. The molecule has 5 nitrogen and oxygen atoms in total.